The number of hydrogen-bond donors (Lipinski definition) is 0. The van der Waals surface area contributed by atoms with Crippen molar-refractivity contribution < 1.29 is 23.7 Å². The van der Waals surface area contributed by atoms with E-state index < -0.39 is 5.79 Å². The van der Waals surface area contributed by atoms with Crippen molar-refractivity contribution in [1.82, 2.24) is 0 Å². The molecule has 3 rings (SSSR count). The van der Waals surface area contributed by atoms with E-state index in [0.717, 1.165) is 11.5 Å². The van der Waals surface area contributed by atoms with Crippen LogP contribution in [0.25, 0.3) is 0 Å². The smallest absolute Gasteiger partial charge is 0.308 e. The first-order valence-corrected chi connectivity index (χ1v) is 9.33. The molecule has 2 heterocycles. The molecular weight excluding hydrogens is 328 g/mol. The van der Waals surface area contributed by atoms with E-state index >= 15 is 0 Å². The van der Waals surface area contributed by atoms with E-state index in [-0.39, 0.29) is 36.8 Å². The van der Waals surface area contributed by atoms with E-state index in [1.807, 2.05) is 32.0 Å². The summed E-state index contributed by atoms with van der Waals surface area (Å²) in [5, 5.41) is 0. The summed E-state index contributed by atoms with van der Waals surface area (Å²) in [7, 11) is 1.39. The molecule has 0 spiro atoms. The van der Waals surface area contributed by atoms with E-state index in [1.54, 1.807) is 11.8 Å². The molecule has 132 valence electrons. The Morgan fingerprint density at radius 3 is 2.50 bits per heavy atom. The molecule has 0 radical (unpaired) electrons. The normalized spacial score (nSPS) is 31.0. The molecule has 0 aliphatic carbocycles. The zero-order valence-electron chi connectivity index (χ0n) is 14.3. The topological polar surface area (TPSA) is 54.0 Å². The number of rotatable bonds is 6. The fourth-order valence-corrected chi connectivity index (χ4v) is 4.23. The third kappa shape index (κ3) is 4.11. The van der Waals surface area contributed by atoms with Gasteiger partial charge in [0, 0.05) is 11.5 Å². The summed E-state index contributed by atoms with van der Waals surface area (Å²) in [4.78, 5) is 11.6. The summed E-state index contributed by atoms with van der Waals surface area (Å²) in [5.41, 5.74) is 1.28. The maximum absolute atomic E-state index is 11.6. The zero-order valence-corrected chi connectivity index (χ0v) is 15.1. The van der Waals surface area contributed by atoms with Crippen LogP contribution in [0.5, 0.6) is 0 Å². The number of esters is 1. The van der Waals surface area contributed by atoms with Crippen molar-refractivity contribution in [2.45, 2.75) is 56.2 Å². The minimum atomic E-state index is -0.643. The highest BCUT2D eigenvalue weighted by Gasteiger charge is 2.55. The summed E-state index contributed by atoms with van der Waals surface area (Å²) < 4.78 is 22.8. The maximum Gasteiger partial charge on any atom is 0.308 e. The molecule has 1 aromatic carbocycles. The van der Waals surface area contributed by atoms with E-state index in [0.29, 0.717) is 0 Å². The van der Waals surface area contributed by atoms with Crippen LogP contribution in [0, 0.1) is 0 Å². The van der Waals surface area contributed by atoms with Crippen molar-refractivity contribution in [3.05, 3.63) is 35.9 Å². The number of fused-ring (bicyclic) bond motifs is 1. The summed E-state index contributed by atoms with van der Waals surface area (Å²) in [6.45, 7) is 3.80. The van der Waals surface area contributed by atoms with Gasteiger partial charge in [0.25, 0.3) is 0 Å². The lowest BCUT2D eigenvalue weighted by Gasteiger charge is -2.23. The van der Waals surface area contributed by atoms with Gasteiger partial charge in [0.1, 0.15) is 12.2 Å². The van der Waals surface area contributed by atoms with Gasteiger partial charge in [-0.05, 0) is 19.4 Å². The molecule has 4 atom stereocenters. The second-order valence-electron chi connectivity index (χ2n) is 6.56. The summed E-state index contributed by atoms with van der Waals surface area (Å²) in [6, 6.07) is 10.3. The van der Waals surface area contributed by atoms with Gasteiger partial charge in [0.15, 0.2) is 5.79 Å². The molecule has 6 heteroatoms. The fourth-order valence-electron chi connectivity index (χ4n) is 3.18. The minimum absolute atomic E-state index is 0.0832. The molecular formula is C18H24O5S. The van der Waals surface area contributed by atoms with Crippen LogP contribution in [0.3, 0.4) is 0 Å². The number of hydrogen-bond acceptors (Lipinski definition) is 6. The lowest BCUT2D eigenvalue weighted by Crippen LogP contribution is -2.31. The Morgan fingerprint density at radius 2 is 1.83 bits per heavy atom. The van der Waals surface area contributed by atoms with Gasteiger partial charge < -0.3 is 18.9 Å². The summed E-state index contributed by atoms with van der Waals surface area (Å²) >= 11 is 1.80. The Kier molecular flexibility index (Phi) is 5.49. The maximum atomic E-state index is 11.6. The van der Waals surface area contributed by atoms with Crippen molar-refractivity contribution in [1.29, 1.82) is 0 Å². The highest BCUT2D eigenvalue weighted by atomic mass is 32.2. The molecule has 2 aliphatic rings. The number of methoxy groups -OCH3 is 1. The van der Waals surface area contributed by atoms with Crippen molar-refractivity contribution in [2.75, 3.05) is 12.9 Å². The fraction of sp³-hybridized carbons (Fsp3) is 0.611. The predicted octanol–water partition coefficient (Wildman–Crippen LogP) is 2.77. The third-order valence-corrected chi connectivity index (χ3v) is 5.34. The van der Waals surface area contributed by atoms with E-state index in [1.165, 1.54) is 12.7 Å². The van der Waals surface area contributed by atoms with Gasteiger partial charge in [-0.25, -0.2) is 0 Å². The van der Waals surface area contributed by atoms with Crippen LogP contribution >= 0.6 is 11.8 Å². The SMILES string of the molecule is COC(=O)C[C@@H]1O[C@H](CSCc2ccccc2)[C@H]2OC(C)(C)O[C@H]21. The molecule has 1 aromatic rings. The molecule has 0 saturated carbocycles. The number of carbonyl (C=O) groups excluding carboxylic acids is 1. The number of ether oxygens (including phenoxy) is 4. The van der Waals surface area contributed by atoms with Crippen molar-refractivity contribution in [2.24, 2.45) is 0 Å². The minimum Gasteiger partial charge on any atom is -0.469 e. The van der Waals surface area contributed by atoms with Crippen molar-refractivity contribution in [3.63, 3.8) is 0 Å². The molecule has 2 saturated heterocycles. The average Bonchev–Trinajstić information content (AvgIpc) is 3.03. The van der Waals surface area contributed by atoms with E-state index in [2.05, 4.69) is 12.1 Å². The van der Waals surface area contributed by atoms with Crippen LogP contribution < -0.4 is 0 Å². The molecule has 2 fully saturated rings. The predicted molar refractivity (Wildman–Crippen MR) is 91.7 cm³/mol. The van der Waals surface area contributed by atoms with Crippen molar-refractivity contribution in [3.8, 4) is 0 Å². The van der Waals surface area contributed by atoms with Crippen LogP contribution in [0.15, 0.2) is 30.3 Å². The Bertz CT molecular complexity index is 562. The molecule has 2 aliphatic heterocycles. The molecule has 0 unspecified atom stereocenters. The van der Waals surface area contributed by atoms with Gasteiger partial charge in [0.05, 0.1) is 25.7 Å². The van der Waals surface area contributed by atoms with Gasteiger partial charge in [-0.2, -0.15) is 11.8 Å². The Balaban J connectivity index is 1.59. The van der Waals surface area contributed by atoms with E-state index in [4.69, 9.17) is 18.9 Å². The third-order valence-electron chi connectivity index (χ3n) is 4.24. The second-order valence-corrected chi connectivity index (χ2v) is 7.59. The second kappa shape index (κ2) is 7.44. The highest BCUT2D eigenvalue weighted by molar-refractivity contribution is 7.98. The molecule has 0 bridgehead atoms. The van der Waals surface area contributed by atoms with Gasteiger partial charge in [-0.15, -0.1) is 0 Å². The highest BCUT2D eigenvalue weighted by Crippen LogP contribution is 2.40. The number of thioether (sulfide) groups is 1. The van der Waals surface area contributed by atoms with Crippen LogP contribution in [0.1, 0.15) is 25.8 Å². The average molecular weight is 352 g/mol. The van der Waals surface area contributed by atoms with Gasteiger partial charge in [-0.1, -0.05) is 30.3 Å². The first-order valence-electron chi connectivity index (χ1n) is 8.18. The van der Waals surface area contributed by atoms with Crippen LogP contribution in [0.2, 0.25) is 0 Å². The monoisotopic (exact) mass is 352 g/mol. The summed E-state index contributed by atoms with van der Waals surface area (Å²) in [6.07, 6.45) is -0.567. The van der Waals surface area contributed by atoms with Gasteiger partial charge >= 0.3 is 5.97 Å². The van der Waals surface area contributed by atoms with Gasteiger partial charge in [-0.3, -0.25) is 4.79 Å². The van der Waals surface area contributed by atoms with Crippen LogP contribution in [-0.2, 0) is 29.5 Å². The lowest BCUT2D eigenvalue weighted by molar-refractivity contribution is -0.187. The molecule has 5 nitrogen and oxygen atoms in total. The number of carbonyl (C=O) groups is 1. The largest absolute Gasteiger partial charge is 0.469 e. The zero-order chi connectivity index (χ0) is 17.2. The number of benzene rings is 1. The molecule has 0 amide bonds. The molecule has 0 aromatic heterocycles. The standard InChI is InChI=1S/C18H24O5S/c1-18(2)22-16-13(9-15(19)20-3)21-14(17(16)23-18)11-24-10-12-7-5-4-6-8-12/h4-8,13-14,16-17H,9-11H2,1-3H3/t13-,14+,16-,17+/m0/s1. The quantitative estimate of drug-likeness (QED) is 0.734. The van der Waals surface area contributed by atoms with Crippen molar-refractivity contribution >= 4 is 17.7 Å². The van der Waals surface area contributed by atoms with Crippen LogP contribution in [-0.4, -0.2) is 49.0 Å². The lowest BCUT2D eigenvalue weighted by atomic mass is 10.1. The first kappa shape index (κ1) is 17.7. The van der Waals surface area contributed by atoms with Crippen LogP contribution in [0.4, 0.5) is 0 Å². The Hall–Kier alpha value is -1.08. The first-order chi connectivity index (χ1) is 11.5. The van der Waals surface area contributed by atoms with Gasteiger partial charge in [0.2, 0.25) is 0 Å². The van der Waals surface area contributed by atoms with E-state index in [9.17, 15) is 4.79 Å². The Morgan fingerprint density at radius 1 is 1.17 bits per heavy atom. The molecule has 0 N–H and O–H groups in total. The summed E-state index contributed by atoms with van der Waals surface area (Å²) in [5.74, 6) is 0.789. The Labute approximate surface area is 147 Å². The molecule has 24 heavy (non-hydrogen) atoms.